The quantitative estimate of drug-likeness (QED) is 0.558. The van der Waals surface area contributed by atoms with Crippen molar-refractivity contribution in [2.75, 3.05) is 5.75 Å². The lowest BCUT2D eigenvalue weighted by atomic mass is 10.1. The Labute approximate surface area is 180 Å². The number of hydrogen-bond acceptors (Lipinski definition) is 5. The third kappa shape index (κ3) is 4.97. The first-order valence-electron chi connectivity index (χ1n) is 9.42. The molecule has 3 aromatic rings. The second-order valence-corrected chi connectivity index (χ2v) is 8.50. The zero-order chi connectivity index (χ0) is 21.0. The Hall–Kier alpha value is -2.38. The van der Waals surface area contributed by atoms with Crippen LogP contribution in [0.1, 0.15) is 26.3 Å². The van der Waals surface area contributed by atoms with Gasteiger partial charge < -0.3 is 5.32 Å². The highest BCUT2D eigenvalue weighted by Crippen LogP contribution is 2.31. The van der Waals surface area contributed by atoms with Gasteiger partial charge in [0.2, 0.25) is 5.91 Å². The average molecular weight is 430 g/mol. The molecule has 152 valence electrons. The summed E-state index contributed by atoms with van der Waals surface area (Å²) in [6, 6.07) is 9.60. The molecule has 1 atom stereocenters. The molecule has 1 N–H and O–H groups in total. The summed E-state index contributed by atoms with van der Waals surface area (Å²) in [7, 11) is 0. The number of thioether (sulfide) groups is 1. The van der Waals surface area contributed by atoms with Gasteiger partial charge in [-0.05, 0) is 49.6 Å². The standard InChI is InChI=1S/C21H24ClN5OS/c1-13(2)15(4)24-19(28)12-29-21-26-25-20(16-8-10-23-11-9-16)27(21)18-7-5-6-17(22)14(18)3/h5-11,13,15H,12H2,1-4H3,(H,24,28)/t15-/m1/s1. The van der Waals surface area contributed by atoms with Gasteiger partial charge in [0.25, 0.3) is 0 Å². The van der Waals surface area contributed by atoms with E-state index < -0.39 is 0 Å². The van der Waals surface area contributed by atoms with Gasteiger partial charge >= 0.3 is 0 Å². The van der Waals surface area contributed by atoms with E-state index in [9.17, 15) is 4.79 Å². The van der Waals surface area contributed by atoms with Crippen LogP contribution in [0, 0.1) is 12.8 Å². The van der Waals surface area contributed by atoms with E-state index in [-0.39, 0.29) is 17.7 Å². The molecule has 8 heteroatoms. The highest BCUT2D eigenvalue weighted by atomic mass is 35.5. The third-order valence-corrected chi connectivity index (χ3v) is 6.11. The van der Waals surface area contributed by atoms with Crippen molar-refractivity contribution in [3.8, 4) is 17.1 Å². The van der Waals surface area contributed by atoms with Crippen LogP contribution in [0.15, 0.2) is 47.9 Å². The molecule has 0 aliphatic carbocycles. The molecule has 0 unspecified atom stereocenters. The second-order valence-electron chi connectivity index (χ2n) is 7.15. The first-order chi connectivity index (χ1) is 13.9. The zero-order valence-electron chi connectivity index (χ0n) is 16.9. The van der Waals surface area contributed by atoms with Gasteiger partial charge in [0.15, 0.2) is 11.0 Å². The van der Waals surface area contributed by atoms with E-state index in [1.165, 1.54) is 11.8 Å². The maximum atomic E-state index is 12.4. The van der Waals surface area contributed by atoms with Crippen molar-refractivity contribution in [2.45, 2.75) is 38.9 Å². The lowest BCUT2D eigenvalue weighted by Crippen LogP contribution is -2.37. The molecule has 2 heterocycles. The van der Waals surface area contributed by atoms with Crippen LogP contribution in [0.2, 0.25) is 5.02 Å². The zero-order valence-corrected chi connectivity index (χ0v) is 18.5. The smallest absolute Gasteiger partial charge is 0.230 e. The molecule has 3 rings (SSSR count). The van der Waals surface area contributed by atoms with E-state index >= 15 is 0 Å². The van der Waals surface area contributed by atoms with Crippen molar-refractivity contribution >= 4 is 29.3 Å². The Kier molecular flexibility index (Phi) is 6.92. The van der Waals surface area contributed by atoms with Crippen LogP contribution in [-0.4, -0.2) is 37.5 Å². The molecule has 6 nitrogen and oxygen atoms in total. The van der Waals surface area contributed by atoms with Crippen LogP contribution in [0.3, 0.4) is 0 Å². The second kappa shape index (κ2) is 9.41. The number of carbonyl (C=O) groups is 1. The van der Waals surface area contributed by atoms with Crippen LogP contribution in [-0.2, 0) is 4.79 Å². The van der Waals surface area contributed by atoms with Crippen LogP contribution >= 0.6 is 23.4 Å². The molecular weight excluding hydrogens is 406 g/mol. The lowest BCUT2D eigenvalue weighted by Gasteiger charge is -2.17. The van der Waals surface area contributed by atoms with Crippen molar-refractivity contribution in [3.05, 3.63) is 53.3 Å². The molecule has 0 radical (unpaired) electrons. The van der Waals surface area contributed by atoms with Crippen molar-refractivity contribution < 1.29 is 4.79 Å². The molecule has 1 amide bonds. The minimum Gasteiger partial charge on any atom is -0.353 e. The molecule has 2 aromatic heterocycles. The van der Waals surface area contributed by atoms with Gasteiger partial charge in [-0.3, -0.25) is 14.3 Å². The number of amides is 1. The van der Waals surface area contributed by atoms with E-state index in [0.717, 1.165) is 16.8 Å². The molecule has 0 saturated carbocycles. The molecule has 0 aliphatic heterocycles. The van der Waals surface area contributed by atoms with Crippen LogP contribution in [0.5, 0.6) is 0 Å². The SMILES string of the molecule is Cc1c(Cl)cccc1-n1c(SCC(=O)N[C@H](C)C(C)C)nnc1-c1ccncc1. The summed E-state index contributed by atoms with van der Waals surface area (Å²) < 4.78 is 1.94. The van der Waals surface area contributed by atoms with Crippen molar-refractivity contribution in [1.29, 1.82) is 0 Å². The average Bonchev–Trinajstić information content (AvgIpc) is 3.12. The summed E-state index contributed by atoms with van der Waals surface area (Å²) in [5.74, 6) is 1.28. The maximum absolute atomic E-state index is 12.4. The maximum Gasteiger partial charge on any atom is 0.230 e. The summed E-state index contributed by atoms with van der Waals surface area (Å²) >= 11 is 7.71. The summed E-state index contributed by atoms with van der Waals surface area (Å²) in [4.78, 5) is 16.4. The monoisotopic (exact) mass is 429 g/mol. The number of hydrogen-bond donors (Lipinski definition) is 1. The first-order valence-corrected chi connectivity index (χ1v) is 10.8. The summed E-state index contributed by atoms with van der Waals surface area (Å²) in [6.07, 6.45) is 3.43. The van der Waals surface area contributed by atoms with E-state index in [2.05, 4.69) is 34.3 Å². The van der Waals surface area contributed by atoms with E-state index in [1.807, 2.05) is 48.7 Å². The van der Waals surface area contributed by atoms with Gasteiger partial charge in [0.1, 0.15) is 0 Å². The van der Waals surface area contributed by atoms with E-state index in [0.29, 0.717) is 21.9 Å². The van der Waals surface area contributed by atoms with Gasteiger partial charge in [-0.15, -0.1) is 10.2 Å². The number of rotatable bonds is 7. The highest BCUT2D eigenvalue weighted by molar-refractivity contribution is 7.99. The number of halogens is 1. The number of aromatic nitrogens is 4. The summed E-state index contributed by atoms with van der Waals surface area (Å²) in [5.41, 5.74) is 2.69. The topological polar surface area (TPSA) is 72.7 Å². The van der Waals surface area contributed by atoms with Crippen LogP contribution in [0.25, 0.3) is 17.1 Å². The minimum absolute atomic E-state index is 0.0287. The predicted octanol–water partition coefficient (Wildman–Crippen LogP) is 4.54. The lowest BCUT2D eigenvalue weighted by molar-refractivity contribution is -0.119. The Balaban J connectivity index is 1.95. The van der Waals surface area contributed by atoms with E-state index in [1.54, 1.807) is 12.4 Å². The number of carbonyl (C=O) groups excluding carboxylic acids is 1. The number of pyridine rings is 1. The molecule has 29 heavy (non-hydrogen) atoms. The molecule has 0 spiro atoms. The summed E-state index contributed by atoms with van der Waals surface area (Å²) in [5, 5.41) is 13.1. The van der Waals surface area contributed by atoms with Gasteiger partial charge in [-0.2, -0.15) is 0 Å². The molecule has 0 saturated heterocycles. The fraction of sp³-hybridized carbons (Fsp3) is 0.333. The Bertz CT molecular complexity index is 990. The Morgan fingerprint density at radius 3 is 2.59 bits per heavy atom. The normalized spacial score (nSPS) is 12.2. The first kappa shape index (κ1) is 21.3. The van der Waals surface area contributed by atoms with Crippen molar-refractivity contribution in [3.63, 3.8) is 0 Å². The third-order valence-electron chi connectivity index (χ3n) is 4.77. The minimum atomic E-state index is -0.0287. The van der Waals surface area contributed by atoms with Gasteiger partial charge in [0, 0.05) is 29.0 Å². The van der Waals surface area contributed by atoms with Crippen LogP contribution < -0.4 is 5.32 Å². The fourth-order valence-electron chi connectivity index (χ4n) is 2.70. The molecular formula is C21H24ClN5OS. The van der Waals surface area contributed by atoms with Gasteiger partial charge in [-0.1, -0.05) is 43.3 Å². The Morgan fingerprint density at radius 2 is 1.90 bits per heavy atom. The van der Waals surface area contributed by atoms with Crippen molar-refractivity contribution in [1.82, 2.24) is 25.1 Å². The molecule has 0 bridgehead atoms. The number of nitrogens with one attached hydrogen (secondary N) is 1. The molecule has 0 aliphatic rings. The van der Waals surface area contributed by atoms with Gasteiger partial charge in [0.05, 0.1) is 11.4 Å². The van der Waals surface area contributed by atoms with Gasteiger partial charge in [-0.25, -0.2) is 0 Å². The summed E-state index contributed by atoms with van der Waals surface area (Å²) in [6.45, 7) is 8.13. The molecule has 1 aromatic carbocycles. The predicted molar refractivity (Wildman–Crippen MR) is 118 cm³/mol. The fourth-order valence-corrected chi connectivity index (χ4v) is 3.62. The van der Waals surface area contributed by atoms with E-state index in [4.69, 9.17) is 11.6 Å². The Morgan fingerprint density at radius 1 is 1.17 bits per heavy atom. The largest absolute Gasteiger partial charge is 0.353 e. The number of benzene rings is 1. The highest BCUT2D eigenvalue weighted by Gasteiger charge is 2.20. The number of nitrogens with zero attached hydrogens (tertiary/aromatic N) is 4. The van der Waals surface area contributed by atoms with Crippen LogP contribution in [0.4, 0.5) is 0 Å². The van der Waals surface area contributed by atoms with Crippen molar-refractivity contribution in [2.24, 2.45) is 5.92 Å². The molecule has 0 fully saturated rings.